The first kappa shape index (κ1) is 17.0. The van der Waals surface area contributed by atoms with Gasteiger partial charge in [0.15, 0.2) is 0 Å². The molecule has 0 spiro atoms. The highest BCUT2D eigenvalue weighted by Crippen LogP contribution is 2.15. The maximum atomic E-state index is 12.5. The number of rotatable bonds is 6. The highest BCUT2D eigenvalue weighted by molar-refractivity contribution is 5.95. The van der Waals surface area contributed by atoms with E-state index >= 15 is 0 Å². The SMILES string of the molecule is CC(CCc1ccccc1)NC(=O)c1ccc(=O)[nH]c1C(C)C. The molecule has 4 heteroatoms. The van der Waals surface area contributed by atoms with Gasteiger partial charge in [-0.05, 0) is 37.3 Å². The summed E-state index contributed by atoms with van der Waals surface area (Å²) in [7, 11) is 0. The van der Waals surface area contributed by atoms with E-state index in [1.165, 1.54) is 11.6 Å². The molecule has 23 heavy (non-hydrogen) atoms. The number of amides is 1. The third kappa shape index (κ3) is 4.81. The minimum Gasteiger partial charge on any atom is -0.350 e. The first-order valence-electron chi connectivity index (χ1n) is 8.05. The Bertz CT molecular complexity index is 705. The van der Waals surface area contributed by atoms with Crippen LogP contribution in [0.25, 0.3) is 0 Å². The van der Waals surface area contributed by atoms with E-state index in [4.69, 9.17) is 0 Å². The third-order valence-electron chi connectivity index (χ3n) is 3.86. The van der Waals surface area contributed by atoms with Crippen LogP contribution in [0.5, 0.6) is 0 Å². The van der Waals surface area contributed by atoms with Gasteiger partial charge in [0.2, 0.25) is 5.56 Å². The Kier molecular flexibility index (Phi) is 5.74. The number of H-pyrrole nitrogens is 1. The van der Waals surface area contributed by atoms with Crippen molar-refractivity contribution in [1.29, 1.82) is 0 Å². The molecule has 0 aliphatic rings. The predicted octanol–water partition coefficient (Wildman–Crippen LogP) is 3.25. The fraction of sp³-hybridized carbons (Fsp3) is 0.368. The van der Waals surface area contributed by atoms with Gasteiger partial charge in [0.05, 0.1) is 5.56 Å². The normalized spacial score (nSPS) is 12.2. The topological polar surface area (TPSA) is 62.0 Å². The first-order valence-corrected chi connectivity index (χ1v) is 8.05. The lowest BCUT2D eigenvalue weighted by Crippen LogP contribution is -2.34. The van der Waals surface area contributed by atoms with Crippen molar-refractivity contribution in [2.75, 3.05) is 0 Å². The molecule has 2 aromatic rings. The van der Waals surface area contributed by atoms with Gasteiger partial charge in [-0.15, -0.1) is 0 Å². The van der Waals surface area contributed by atoms with Crippen LogP contribution >= 0.6 is 0 Å². The van der Waals surface area contributed by atoms with Crippen LogP contribution in [0.4, 0.5) is 0 Å². The van der Waals surface area contributed by atoms with Gasteiger partial charge in [-0.25, -0.2) is 0 Å². The summed E-state index contributed by atoms with van der Waals surface area (Å²) in [6, 6.07) is 13.3. The molecule has 1 atom stereocenters. The molecule has 1 amide bonds. The van der Waals surface area contributed by atoms with E-state index in [0.717, 1.165) is 12.8 Å². The zero-order valence-corrected chi connectivity index (χ0v) is 13.9. The summed E-state index contributed by atoms with van der Waals surface area (Å²) in [5.74, 6) is -0.0465. The average molecular weight is 312 g/mol. The van der Waals surface area contributed by atoms with Crippen LogP contribution in [-0.2, 0) is 6.42 Å². The average Bonchev–Trinajstić information content (AvgIpc) is 2.53. The fourth-order valence-corrected chi connectivity index (χ4v) is 2.55. The molecule has 0 bridgehead atoms. The molecule has 0 radical (unpaired) electrons. The second-order valence-corrected chi connectivity index (χ2v) is 6.20. The first-order chi connectivity index (χ1) is 11.0. The van der Waals surface area contributed by atoms with E-state index < -0.39 is 0 Å². The number of aromatic nitrogens is 1. The Morgan fingerprint density at radius 3 is 2.43 bits per heavy atom. The number of hydrogen-bond acceptors (Lipinski definition) is 2. The van der Waals surface area contributed by atoms with Gasteiger partial charge >= 0.3 is 0 Å². The van der Waals surface area contributed by atoms with Crippen LogP contribution < -0.4 is 10.9 Å². The van der Waals surface area contributed by atoms with E-state index in [-0.39, 0.29) is 23.4 Å². The Morgan fingerprint density at radius 1 is 1.09 bits per heavy atom. The van der Waals surface area contributed by atoms with Crippen molar-refractivity contribution < 1.29 is 4.79 Å². The number of nitrogens with one attached hydrogen (secondary N) is 2. The molecule has 1 heterocycles. The molecular formula is C19H24N2O2. The maximum Gasteiger partial charge on any atom is 0.253 e. The standard InChI is InChI=1S/C19H24N2O2/c1-13(2)18-16(11-12-17(22)21-18)19(23)20-14(3)9-10-15-7-5-4-6-8-15/h4-8,11-14H,9-10H2,1-3H3,(H,20,23)(H,21,22). The predicted molar refractivity (Wildman–Crippen MR) is 92.8 cm³/mol. The minimum absolute atomic E-state index is 0.0645. The van der Waals surface area contributed by atoms with Gasteiger partial charge in [-0.2, -0.15) is 0 Å². The highest BCUT2D eigenvalue weighted by Gasteiger charge is 2.16. The van der Waals surface area contributed by atoms with Gasteiger partial charge < -0.3 is 10.3 Å². The molecular weight excluding hydrogens is 288 g/mol. The lowest BCUT2D eigenvalue weighted by molar-refractivity contribution is 0.0936. The van der Waals surface area contributed by atoms with Crippen molar-refractivity contribution in [1.82, 2.24) is 10.3 Å². The van der Waals surface area contributed by atoms with Gasteiger partial charge in [-0.1, -0.05) is 44.2 Å². The Morgan fingerprint density at radius 2 is 1.78 bits per heavy atom. The molecule has 1 aromatic heterocycles. The summed E-state index contributed by atoms with van der Waals surface area (Å²) < 4.78 is 0. The second kappa shape index (κ2) is 7.77. The van der Waals surface area contributed by atoms with E-state index in [0.29, 0.717) is 11.3 Å². The van der Waals surface area contributed by atoms with Crippen molar-refractivity contribution in [3.8, 4) is 0 Å². The minimum atomic E-state index is -0.178. The van der Waals surface area contributed by atoms with Crippen molar-refractivity contribution in [2.45, 2.75) is 45.6 Å². The summed E-state index contributed by atoms with van der Waals surface area (Å²) in [6.45, 7) is 5.92. The quantitative estimate of drug-likeness (QED) is 0.860. The van der Waals surface area contributed by atoms with Gasteiger partial charge in [0.1, 0.15) is 0 Å². The van der Waals surface area contributed by atoms with Crippen LogP contribution in [0.15, 0.2) is 47.3 Å². The Hall–Kier alpha value is -2.36. The number of hydrogen-bond donors (Lipinski definition) is 2. The summed E-state index contributed by atoms with van der Waals surface area (Å²) in [4.78, 5) is 26.7. The summed E-state index contributed by atoms with van der Waals surface area (Å²) in [5.41, 5.74) is 2.32. The Labute approximate surface area is 137 Å². The molecule has 0 aliphatic heterocycles. The Balaban J connectivity index is 2.00. The summed E-state index contributed by atoms with van der Waals surface area (Å²) in [6.07, 6.45) is 1.79. The maximum absolute atomic E-state index is 12.5. The third-order valence-corrected chi connectivity index (χ3v) is 3.86. The summed E-state index contributed by atoms with van der Waals surface area (Å²) in [5, 5.41) is 3.02. The summed E-state index contributed by atoms with van der Waals surface area (Å²) >= 11 is 0. The molecule has 0 aliphatic carbocycles. The molecule has 4 nitrogen and oxygen atoms in total. The molecule has 1 aromatic carbocycles. The van der Waals surface area contributed by atoms with E-state index in [9.17, 15) is 9.59 Å². The number of carbonyl (C=O) groups is 1. The number of aromatic amines is 1. The van der Waals surface area contributed by atoms with Crippen molar-refractivity contribution in [3.63, 3.8) is 0 Å². The molecule has 2 rings (SSSR count). The zero-order valence-electron chi connectivity index (χ0n) is 13.9. The lowest BCUT2D eigenvalue weighted by atomic mass is 10.0. The van der Waals surface area contributed by atoms with Crippen molar-refractivity contribution in [2.24, 2.45) is 0 Å². The number of aryl methyl sites for hydroxylation is 1. The van der Waals surface area contributed by atoms with Gasteiger partial charge in [-0.3, -0.25) is 9.59 Å². The van der Waals surface area contributed by atoms with Gasteiger partial charge in [0.25, 0.3) is 5.91 Å². The second-order valence-electron chi connectivity index (χ2n) is 6.20. The highest BCUT2D eigenvalue weighted by atomic mass is 16.2. The fourth-order valence-electron chi connectivity index (χ4n) is 2.55. The van der Waals surface area contributed by atoms with Crippen LogP contribution in [0, 0.1) is 0 Å². The van der Waals surface area contributed by atoms with Crippen LogP contribution in [0.3, 0.4) is 0 Å². The van der Waals surface area contributed by atoms with Crippen molar-refractivity contribution in [3.05, 3.63) is 69.6 Å². The lowest BCUT2D eigenvalue weighted by Gasteiger charge is -2.16. The van der Waals surface area contributed by atoms with E-state index in [2.05, 4.69) is 22.4 Å². The molecule has 122 valence electrons. The van der Waals surface area contributed by atoms with Crippen LogP contribution in [0.2, 0.25) is 0 Å². The van der Waals surface area contributed by atoms with E-state index in [1.54, 1.807) is 6.07 Å². The monoisotopic (exact) mass is 312 g/mol. The number of carbonyl (C=O) groups excluding carboxylic acids is 1. The van der Waals surface area contributed by atoms with Crippen LogP contribution in [-0.4, -0.2) is 16.9 Å². The molecule has 2 N–H and O–H groups in total. The smallest absolute Gasteiger partial charge is 0.253 e. The van der Waals surface area contributed by atoms with Gasteiger partial charge in [0, 0.05) is 17.8 Å². The molecule has 0 saturated heterocycles. The molecule has 1 unspecified atom stereocenters. The van der Waals surface area contributed by atoms with Crippen LogP contribution in [0.1, 0.15) is 54.7 Å². The van der Waals surface area contributed by atoms with Crippen molar-refractivity contribution >= 4 is 5.91 Å². The number of pyridine rings is 1. The largest absolute Gasteiger partial charge is 0.350 e. The number of benzene rings is 1. The van der Waals surface area contributed by atoms with E-state index in [1.807, 2.05) is 39.0 Å². The molecule has 0 saturated carbocycles. The zero-order chi connectivity index (χ0) is 16.8. The molecule has 0 fully saturated rings.